The van der Waals surface area contributed by atoms with E-state index in [1.54, 1.807) is 11.3 Å². The number of phenolic OH excluding ortho intramolecular Hbond substituents is 1. The molecule has 1 heterocycles. The Morgan fingerprint density at radius 1 is 1.38 bits per heavy atom. The number of benzene rings is 1. The summed E-state index contributed by atoms with van der Waals surface area (Å²) in [6, 6.07) is 3.56. The molecule has 0 bridgehead atoms. The Morgan fingerprint density at radius 3 is 2.88 bits per heavy atom. The summed E-state index contributed by atoms with van der Waals surface area (Å²) >= 11 is 1.71. The van der Waals surface area contributed by atoms with Crippen molar-refractivity contribution in [2.45, 2.75) is 32.1 Å². The molecule has 1 amide bonds. The zero-order valence-electron chi connectivity index (χ0n) is 12.9. The molecular formula is C16H17N3O4S. The van der Waals surface area contributed by atoms with Crippen molar-refractivity contribution in [2.24, 2.45) is 0 Å². The number of thiazole rings is 1. The molecule has 2 N–H and O–H groups in total. The van der Waals surface area contributed by atoms with Crippen LogP contribution in [-0.4, -0.2) is 27.5 Å². The van der Waals surface area contributed by atoms with Crippen LogP contribution in [-0.2, 0) is 19.3 Å². The zero-order valence-corrected chi connectivity index (χ0v) is 13.8. The van der Waals surface area contributed by atoms with E-state index < -0.39 is 16.4 Å². The predicted octanol–water partition coefficient (Wildman–Crippen LogP) is 2.61. The molecule has 7 nitrogen and oxygen atoms in total. The minimum absolute atomic E-state index is 0.191. The van der Waals surface area contributed by atoms with Crippen molar-refractivity contribution in [3.63, 3.8) is 0 Å². The van der Waals surface area contributed by atoms with Crippen LogP contribution >= 0.6 is 11.3 Å². The van der Waals surface area contributed by atoms with E-state index in [1.807, 2.05) is 0 Å². The van der Waals surface area contributed by atoms with Gasteiger partial charge in [-0.3, -0.25) is 14.9 Å². The molecule has 0 fully saturated rings. The third kappa shape index (κ3) is 3.53. The maximum absolute atomic E-state index is 12.1. The van der Waals surface area contributed by atoms with E-state index >= 15 is 0 Å². The number of aryl methyl sites for hydroxylation is 2. The van der Waals surface area contributed by atoms with Crippen LogP contribution < -0.4 is 5.32 Å². The molecular weight excluding hydrogens is 330 g/mol. The number of carbonyl (C=O) groups is 1. The van der Waals surface area contributed by atoms with E-state index in [9.17, 15) is 20.0 Å². The molecule has 1 aromatic carbocycles. The van der Waals surface area contributed by atoms with Gasteiger partial charge in [0.25, 0.3) is 5.91 Å². The number of carbonyl (C=O) groups excluding carboxylic acids is 1. The molecule has 0 aliphatic heterocycles. The number of nitrogens with one attached hydrogen (secondary N) is 1. The Bertz CT molecular complexity index is 764. The minimum atomic E-state index is -0.693. The second kappa shape index (κ2) is 6.96. The van der Waals surface area contributed by atoms with Crippen LogP contribution in [0.15, 0.2) is 18.2 Å². The highest BCUT2D eigenvalue weighted by Crippen LogP contribution is 2.27. The summed E-state index contributed by atoms with van der Waals surface area (Å²) < 4.78 is 0. The molecule has 1 aliphatic rings. The van der Waals surface area contributed by atoms with Crippen molar-refractivity contribution in [3.8, 4) is 5.75 Å². The van der Waals surface area contributed by atoms with E-state index in [-0.39, 0.29) is 11.5 Å². The van der Waals surface area contributed by atoms with Crippen molar-refractivity contribution >= 4 is 22.9 Å². The van der Waals surface area contributed by atoms with Gasteiger partial charge >= 0.3 is 5.69 Å². The number of phenols is 1. The molecule has 1 aliphatic carbocycles. The highest BCUT2D eigenvalue weighted by atomic mass is 32.1. The average molecular weight is 347 g/mol. The molecule has 0 radical (unpaired) electrons. The lowest BCUT2D eigenvalue weighted by atomic mass is 10.0. The number of amides is 1. The molecule has 24 heavy (non-hydrogen) atoms. The summed E-state index contributed by atoms with van der Waals surface area (Å²) in [5, 5.41) is 24.0. The molecule has 0 atom stereocenters. The largest absolute Gasteiger partial charge is 0.502 e. The fourth-order valence-electron chi connectivity index (χ4n) is 2.72. The van der Waals surface area contributed by atoms with Gasteiger partial charge in [-0.25, -0.2) is 4.98 Å². The topological polar surface area (TPSA) is 105 Å². The van der Waals surface area contributed by atoms with E-state index in [0.29, 0.717) is 13.0 Å². The summed E-state index contributed by atoms with van der Waals surface area (Å²) in [6.45, 7) is 0.434. The molecule has 0 unspecified atom stereocenters. The molecule has 2 aromatic rings. The smallest absolute Gasteiger partial charge is 0.310 e. The van der Waals surface area contributed by atoms with Crippen molar-refractivity contribution in [1.82, 2.24) is 10.3 Å². The molecule has 0 saturated heterocycles. The number of aromatic nitrogens is 1. The van der Waals surface area contributed by atoms with Gasteiger partial charge in [-0.1, -0.05) is 0 Å². The fraction of sp³-hybridized carbons (Fsp3) is 0.375. The van der Waals surface area contributed by atoms with E-state index in [2.05, 4.69) is 10.3 Å². The van der Waals surface area contributed by atoms with Crippen LogP contribution in [0.1, 0.15) is 38.8 Å². The van der Waals surface area contributed by atoms with Crippen molar-refractivity contribution < 1.29 is 14.8 Å². The first kappa shape index (κ1) is 16.4. The summed E-state index contributed by atoms with van der Waals surface area (Å²) in [5.41, 5.74) is 0.976. The minimum Gasteiger partial charge on any atom is -0.502 e. The van der Waals surface area contributed by atoms with Crippen molar-refractivity contribution in [2.75, 3.05) is 6.54 Å². The molecule has 126 valence electrons. The predicted molar refractivity (Wildman–Crippen MR) is 89.6 cm³/mol. The highest BCUT2D eigenvalue weighted by Gasteiger charge is 2.17. The van der Waals surface area contributed by atoms with Gasteiger partial charge in [0, 0.05) is 29.5 Å². The summed E-state index contributed by atoms with van der Waals surface area (Å²) in [6.07, 6.45) is 5.20. The van der Waals surface area contributed by atoms with E-state index in [0.717, 1.165) is 30.0 Å². The number of hydrogen-bond acceptors (Lipinski definition) is 6. The maximum atomic E-state index is 12.1. The quantitative estimate of drug-likeness (QED) is 0.639. The first-order chi connectivity index (χ1) is 11.5. The van der Waals surface area contributed by atoms with Crippen LogP contribution in [0, 0.1) is 10.1 Å². The number of rotatable bonds is 5. The lowest BCUT2D eigenvalue weighted by molar-refractivity contribution is -0.385. The number of hydrogen-bond donors (Lipinski definition) is 2. The first-order valence-electron chi connectivity index (χ1n) is 7.77. The van der Waals surface area contributed by atoms with Gasteiger partial charge in [0.05, 0.1) is 15.6 Å². The van der Waals surface area contributed by atoms with Crippen LogP contribution in [0.5, 0.6) is 5.75 Å². The average Bonchev–Trinajstić information content (AvgIpc) is 2.97. The standard InChI is InChI=1S/C16H17N3O4S/c20-13-9-10(5-6-12(13)19(22)23)16(21)17-8-7-15-18-11-3-1-2-4-14(11)24-15/h5-6,9,20H,1-4,7-8H2,(H,17,21). The third-order valence-electron chi connectivity index (χ3n) is 3.95. The molecule has 1 aromatic heterocycles. The van der Waals surface area contributed by atoms with E-state index in [1.165, 1.54) is 29.5 Å². The zero-order chi connectivity index (χ0) is 17.1. The van der Waals surface area contributed by atoms with Gasteiger partial charge in [0.1, 0.15) is 0 Å². The van der Waals surface area contributed by atoms with Gasteiger partial charge in [-0.2, -0.15) is 0 Å². The lowest BCUT2D eigenvalue weighted by Crippen LogP contribution is -2.25. The number of aromatic hydroxyl groups is 1. The normalized spacial score (nSPS) is 13.3. The van der Waals surface area contributed by atoms with Crippen molar-refractivity contribution in [3.05, 3.63) is 49.5 Å². The number of nitro benzene ring substituents is 1. The molecule has 3 rings (SSSR count). The summed E-state index contributed by atoms with van der Waals surface area (Å²) in [7, 11) is 0. The summed E-state index contributed by atoms with van der Waals surface area (Å²) in [4.78, 5) is 28.0. The summed E-state index contributed by atoms with van der Waals surface area (Å²) in [5.74, 6) is -0.887. The fourth-order valence-corrected chi connectivity index (χ4v) is 3.87. The maximum Gasteiger partial charge on any atom is 0.310 e. The Balaban J connectivity index is 1.56. The Morgan fingerprint density at radius 2 is 2.17 bits per heavy atom. The third-order valence-corrected chi connectivity index (χ3v) is 5.17. The monoisotopic (exact) mass is 347 g/mol. The number of nitro groups is 1. The lowest BCUT2D eigenvalue weighted by Gasteiger charge is -2.06. The first-order valence-corrected chi connectivity index (χ1v) is 8.59. The number of nitrogens with zero attached hydrogens (tertiary/aromatic N) is 2. The SMILES string of the molecule is O=C(NCCc1nc2c(s1)CCCC2)c1ccc([N+](=O)[O-])c(O)c1. The number of fused-ring (bicyclic) bond motifs is 1. The second-order valence-corrected chi connectivity index (χ2v) is 6.82. The van der Waals surface area contributed by atoms with Crippen molar-refractivity contribution in [1.29, 1.82) is 0 Å². The second-order valence-electron chi connectivity index (χ2n) is 5.65. The molecule has 0 saturated carbocycles. The van der Waals surface area contributed by atoms with Gasteiger partial charge < -0.3 is 10.4 Å². The van der Waals surface area contributed by atoms with Crippen LogP contribution in [0.2, 0.25) is 0 Å². The van der Waals surface area contributed by atoms with E-state index in [4.69, 9.17) is 0 Å². The van der Waals surface area contributed by atoms with Gasteiger partial charge in [-0.05, 0) is 37.8 Å². The van der Waals surface area contributed by atoms with Crippen LogP contribution in [0.4, 0.5) is 5.69 Å². The Hall–Kier alpha value is -2.48. The molecule has 0 spiro atoms. The molecule has 8 heteroatoms. The Kier molecular flexibility index (Phi) is 4.75. The highest BCUT2D eigenvalue weighted by molar-refractivity contribution is 7.11. The van der Waals surface area contributed by atoms with Gasteiger partial charge in [-0.15, -0.1) is 11.3 Å². The van der Waals surface area contributed by atoms with Gasteiger partial charge in [0.2, 0.25) is 0 Å². The Labute approximate surface area is 142 Å². The van der Waals surface area contributed by atoms with Gasteiger partial charge in [0.15, 0.2) is 5.75 Å². The van der Waals surface area contributed by atoms with Crippen LogP contribution in [0.3, 0.4) is 0 Å². The van der Waals surface area contributed by atoms with Crippen LogP contribution in [0.25, 0.3) is 0 Å².